The zero-order chi connectivity index (χ0) is 13.9. The van der Waals surface area contributed by atoms with E-state index in [4.69, 9.17) is 11.6 Å². The zero-order valence-electron chi connectivity index (χ0n) is 11.2. The Bertz CT molecular complexity index is 736. The largest absolute Gasteiger partial charge is 0.313 e. The van der Waals surface area contributed by atoms with Gasteiger partial charge in [0.2, 0.25) is 0 Å². The van der Waals surface area contributed by atoms with Gasteiger partial charge in [0.05, 0.1) is 11.2 Å². The molecule has 2 aromatic carbocycles. The van der Waals surface area contributed by atoms with E-state index in [1.807, 2.05) is 47.1 Å². The van der Waals surface area contributed by atoms with Crippen molar-refractivity contribution in [2.24, 2.45) is 0 Å². The quantitative estimate of drug-likeness (QED) is 0.801. The minimum Gasteiger partial charge on any atom is -0.313 e. The SMILES string of the molecule is CCNCc1c(Cl)cccc1-n1nnc2ccccc21. The third-order valence-corrected chi connectivity index (χ3v) is 3.58. The van der Waals surface area contributed by atoms with E-state index in [2.05, 4.69) is 22.6 Å². The summed E-state index contributed by atoms with van der Waals surface area (Å²) in [5.74, 6) is 0. The molecule has 1 aromatic heterocycles. The summed E-state index contributed by atoms with van der Waals surface area (Å²) in [5, 5.41) is 12.5. The van der Waals surface area contributed by atoms with E-state index < -0.39 is 0 Å². The minimum absolute atomic E-state index is 0.708. The van der Waals surface area contributed by atoms with E-state index in [1.54, 1.807) is 0 Å². The Labute approximate surface area is 122 Å². The highest BCUT2D eigenvalue weighted by Gasteiger charge is 2.12. The van der Waals surface area contributed by atoms with Crippen molar-refractivity contribution in [3.05, 3.63) is 53.1 Å². The van der Waals surface area contributed by atoms with Gasteiger partial charge in [-0.15, -0.1) is 5.10 Å². The monoisotopic (exact) mass is 286 g/mol. The van der Waals surface area contributed by atoms with Crippen molar-refractivity contribution in [1.29, 1.82) is 0 Å². The third kappa shape index (κ3) is 2.28. The van der Waals surface area contributed by atoms with Gasteiger partial charge in [0.15, 0.2) is 0 Å². The fourth-order valence-corrected chi connectivity index (χ4v) is 2.45. The molecule has 3 aromatic rings. The fourth-order valence-electron chi connectivity index (χ4n) is 2.22. The number of para-hydroxylation sites is 1. The lowest BCUT2D eigenvalue weighted by Gasteiger charge is -2.12. The molecular weight excluding hydrogens is 272 g/mol. The summed E-state index contributed by atoms with van der Waals surface area (Å²) in [4.78, 5) is 0. The molecule has 0 amide bonds. The van der Waals surface area contributed by atoms with Gasteiger partial charge in [0.1, 0.15) is 5.52 Å². The maximum Gasteiger partial charge on any atom is 0.113 e. The van der Waals surface area contributed by atoms with Crippen molar-refractivity contribution in [3.8, 4) is 5.69 Å². The minimum atomic E-state index is 0.708. The maximum atomic E-state index is 6.33. The first kappa shape index (κ1) is 13.1. The molecule has 0 unspecified atom stereocenters. The van der Waals surface area contributed by atoms with Crippen LogP contribution in [0.25, 0.3) is 16.7 Å². The maximum absolute atomic E-state index is 6.33. The third-order valence-electron chi connectivity index (χ3n) is 3.23. The first-order valence-corrected chi connectivity index (χ1v) is 6.98. The summed E-state index contributed by atoms with van der Waals surface area (Å²) in [6, 6.07) is 13.7. The molecular formula is C15H15ClN4. The number of fused-ring (bicyclic) bond motifs is 1. The molecule has 0 saturated heterocycles. The molecule has 0 radical (unpaired) electrons. The van der Waals surface area contributed by atoms with Crippen LogP contribution in [-0.4, -0.2) is 21.5 Å². The van der Waals surface area contributed by atoms with Crippen molar-refractivity contribution in [2.75, 3.05) is 6.54 Å². The van der Waals surface area contributed by atoms with Crippen LogP contribution in [-0.2, 0) is 6.54 Å². The Hall–Kier alpha value is -1.91. The van der Waals surface area contributed by atoms with Crippen LogP contribution < -0.4 is 5.32 Å². The summed E-state index contributed by atoms with van der Waals surface area (Å²) in [6.07, 6.45) is 0. The molecule has 0 aliphatic heterocycles. The molecule has 102 valence electrons. The Balaban J connectivity index is 2.16. The average Bonchev–Trinajstić information content (AvgIpc) is 2.89. The number of hydrogen-bond donors (Lipinski definition) is 1. The number of aromatic nitrogens is 3. The van der Waals surface area contributed by atoms with Gasteiger partial charge in [-0.1, -0.05) is 41.9 Å². The predicted octanol–water partition coefficient (Wildman–Crippen LogP) is 3.18. The summed E-state index contributed by atoms with van der Waals surface area (Å²) in [5.41, 5.74) is 3.85. The lowest BCUT2D eigenvalue weighted by atomic mass is 10.1. The standard InChI is InChI=1S/C15H15ClN4/c1-2-17-10-11-12(16)6-5-9-14(11)20-15-8-4-3-7-13(15)18-19-20/h3-9,17H,2,10H2,1H3. The van der Waals surface area contributed by atoms with Gasteiger partial charge >= 0.3 is 0 Å². The summed E-state index contributed by atoms with van der Waals surface area (Å²) < 4.78 is 1.84. The molecule has 20 heavy (non-hydrogen) atoms. The van der Waals surface area contributed by atoms with Crippen LogP contribution in [0.5, 0.6) is 0 Å². The summed E-state index contributed by atoms with van der Waals surface area (Å²) >= 11 is 6.33. The van der Waals surface area contributed by atoms with Gasteiger partial charge < -0.3 is 5.32 Å². The van der Waals surface area contributed by atoms with Crippen molar-refractivity contribution in [3.63, 3.8) is 0 Å². The van der Waals surface area contributed by atoms with E-state index in [0.717, 1.165) is 33.9 Å². The highest BCUT2D eigenvalue weighted by Crippen LogP contribution is 2.25. The lowest BCUT2D eigenvalue weighted by Crippen LogP contribution is -2.14. The number of benzene rings is 2. The number of nitrogens with one attached hydrogen (secondary N) is 1. The molecule has 0 aliphatic rings. The fraction of sp³-hybridized carbons (Fsp3) is 0.200. The van der Waals surface area contributed by atoms with Crippen LogP contribution in [0.2, 0.25) is 5.02 Å². The van der Waals surface area contributed by atoms with Gasteiger partial charge in [0, 0.05) is 17.1 Å². The highest BCUT2D eigenvalue weighted by atomic mass is 35.5. The second-order valence-corrected chi connectivity index (χ2v) is 4.92. The van der Waals surface area contributed by atoms with Gasteiger partial charge in [-0.05, 0) is 30.8 Å². The Morgan fingerprint density at radius 3 is 2.85 bits per heavy atom. The van der Waals surface area contributed by atoms with Gasteiger partial charge in [-0.2, -0.15) is 0 Å². The van der Waals surface area contributed by atoms with Crippen molar-refractivity contribution < 1.29 is 0 Å². The predicted molar refractivity (Wildman–Crippen MR) is 81.3 cm³/mol. The Morgan fingerprint density at radius 2 is 2.00 bits per heavy atom. The number of halogens is 1. The first-order chi connectivity index (χ1) is 9.81. The summed E-state index contributed by atoms with van der Waals surface area (Å²) in [7, 11) is 0. The Morgan fingerprint density at radius 1 is 1.15 bits per heavy atom. The van der Waals surface area contributed by atoms with Crippen molar-refractivity contribution in [2.45, 2.75) is 13.5 Å². The van der Waals surface area contributed by atoms with Crippen molar-refractivity contribution in [1.82, 2.24) is 20.3 Å². The highest BCUT2D eigenvalue weighted by molar-refractivity contribution is 6.31. The molecule has 0 saturated carbocycles. The van der Waals surface area contributed by atoms with E-state index in [1.165, 1.54) is 0 Å². The van der Waals surface area contributed by atoms with Crippen LogP contribution >= 0.6 is 11.6 Å². The molecule has 3 rings (SSSR count). The smallest absolute Gasteiger partial charge is 0.113 e. The van der Waals surface area contributed by atoms with Crippen molar-refractivity contribution >= 4 is 22.6 Å². The molecule has 0 aliphatic carbocycles. The van der Waals surface area contributed by atoms with Crippen LogP contribution in [0.1, 0.15) is 12.5 Å². The van der Waals surface area contributed by atoms with Gasteiger partial charge in [-0.3, -0.25) is 0 Å². The van der Waals surface area contributed by atoms with Gasteiger partial charge in [0.25, 0.3) is 0 Å². The molecule has 0 fully saturated rings. The number of nitrogens with zero attached hydrogens (tertiary/aromatic N) is 3. The molecule has 1 N–H and O–H groups in total. The normalized spacial score (nSPS) is 11.1. The molecule has 5 heteroatoms. The van der Waals surface area contributed by atoms with E-state index in [0.29, 0.717) is 6.54 Å². The second-order valence-electron chi connectivity index (χ2n) is 4.51. The molecule has 4 nitrogen and oxygen atoms in total. The summed E-state index contributed by atoms with van der Waals surface area (Å²) in [6.45, 7) is 3.67. The topological polar surface area (TPSA) is 42.7 Å². The van der Waals surface area contributed by atoms with Crippen LogP contribution in [0.3, 0.4) is 0 Å². The van der Waals surface area contributed by atoms with E-state index >= 15 is 0 Å². The number of rotatable bonds is 4. The van der Waals surface area contributed by atoms with E-state index in [-0.39, 0.29) is 0 Å². The first-order valence-electron chi connectivity index (χ1n) is 6.60. The number of hydrogen-bond acceptors (Lipinski definition) is 3. The van der Waals surface area contributed by atoms with Crippen LogP contribution in [0.15, 0.2) is 42.5 Å². The zero-order valence-corrected chi connectivity index (χ0v) is 11.9. The molecule has 1 heterocycles. The average molecular weight is 287 g/mol. The lowest BCUT2D eigenvalue weighted by molar-refractivity contribution is 0.715. The molecule has 0 bridgehead atoms. The molecule has 0 atom stereocenters. The van der Waals surface area contributed by atoms with Crippen LogP contribution in [0.4, 0.5) is 0 Å². The Kier molecular flexibility index (Phi) is 3.67. The van der Waals surface area contributed by atoms with Crippen LogP contribution in [0, 0.1) is 0 Å². The van der Waals surface area contributed by atoms with Gasteiger partial charge in [-0.25, -0.2) is 4.68 Å². The second kappa shape index (κ2) is 5.61. The van der Waals surface area contributed by atoms with E-state index in [9.17, 15) is 0 Å². The molecule has 0 spiro atoms.